The van der Waals surface area contributed by atoms with Gasteiger partial charge >= 0.3 is 5.97 Å². The lowest BCUT2D eigenvalue weighted by Crippen LogP contribution is -2.25. The molecule has 2 aliphatic heterocycles. The maximum atomic E-state index is 12.6. The van der Waals surface area contributed by atoms with Crippen LogP contribution in [-0.4, -0.2) is 59.6 Å². The second-order valence-electron chi connectivity index (χ2n) is 8.77. The van der Waals surface area contributed by atoms with Crippen molar-refractivity contribution in [3.8, 4) is 0 Å². The molecular weight excluding hydrogens is 478 g/mol. The Kier molecular flexibility index (Phi) is 7.73. The third kappa shape index (κ3) is 5.76. The Hall–Kier alpha value is -3.66. The third-order valence-electron chi connectivity index (χ3n) is 5.83. The number of amidine groups is 1. The highest BCUT2D eigenvalue weighted by atomic mass is 32.2. The predicted molar refractivity (Wildman–Crippen MR) is 143 cm³/mol. The topological polar surface area (TPSA) is 104 Å². The van der Waals surface area contributed by atoms with E-state index in [1.54, 1.807) is 36.2 Å². The number of hydrazone groups is 1. The molecule has 9 nitrogen and oxygen atoms in total. The van der Waals surface area contributed by atoms with Crippen LogP contribution in [-0.2, 0) is 14.3 Å². The molecule has 0 saturated heterocycles. The number of carbonyl (C=O) groups excluding carboxylic acids is 3. The van der Waals surface area contributed by atoms with Crippen LogP contribution < -0.4 is 10.2 Å². The SMILES string of the molecule is CCOC(=O)c1ccc(NC(=O)CC2SC(N3N=C(C)CC3c3ccc(N(C)C)cc3)=NC2=O)cc1. The first-order valence-electron chi connectivity index (χ1n) is 11.7. The number of hydrogen-bond acceptors (Lipinski definition) is 8. The summed E-state index contributed by atoms with van der Waals surface area (Å²) in [6.45, 7) is 3.99. The number of benzene rings is 2. The smallest absolute Gasteiger partial charge is 0.338 e. The molecule has 2 unspecified atom stereocenters. The maximum absolute atomic E-state index is 12.6. The summed E-state index contributed by atoms with van der Waals surface area (Å²) in [6, 6.07) is 14.6. The molecule has 1 N–H and O–H groups in total. The largest absolute Gasteiger partial charge is 0.462 e. The number of hydrogen-bond donors (Lipinski definition) is 1. The average Bonchev–Trinajstić information content (AvgIpc) is 3.42. The van der Waals surface area contributed by atoms with Crippen molar-refractivity contribution in [1.29, 1.82) is 0 Å². The molecule has 0 aromatic heterocycles. The Labute approximate surface area is 214 Å². The first kappa shape index (κ1) is 25.4. The molecule has 0 radical (unpaired) electrons. The zero-order valence-electron chi connectivity index (χ0n) is 20.7. The van der Waals surface area contributed by atoms with E-state index in [4.69, 9.17) is 4.74 Å². The van der Waals surface area contributed by atoms with Crippen LogP contribution in [0.4, 0.5) is 11.4 Å². The van der Waals surface area contributed by atoms with E-state index in [2.05, 4.69) is 39.7 Å². The van der Waals surface area contributed by atoms with E-state index in [0.29, 0.717) is 23.0 Å². The number of carbonyl (C=O) groups is 3. The molecular formula is C26H29N5O4S. The van der Waals surface area contributed by atoms with Gasteiger partial charge in [-0.25, -0.2) is 9.80 Å². The van der Waals surface area contributed by atoms with Gasteiger partial charge in [0.05, 0.1) is 18.2 Å². The van der Waals surface area contributed by atoms with E-state index in [1.807, 2.05) is 25.9 Å². The molecule has 2 amide bonds. The highest BCUT2D eigenvalue weighted by Crippen LogP contribution is 2.37. The molecule has 2 heterocycles. The quantitative estimate of drug-likeness (QED) is 0.563. The molecule has 188 valence electrons. The van der Waals surface area contributed by atoms with Crippen LogP contribution >= 0.6 is 11.8 Å². The van der Waals surface area contributed by atoms with Gasteiger partial charge in [-0.3, -0.25) is 9.59 Å². The van der Waals surface area contributed by atoms with Crippen molar-refractivity contribution in [2.24, 2.45) is 10.1 Å². The Balaban J connectivity index is 1.37. The molecule has 2 atom stereocenters. The van der Waals surface area contributed by atoms with E-state index in [9.17, 15) is 14.4 Å². The van der Waals surface area contributed by atoms with Gasteiger partial charge in [-0.05, 0) is 55.8 Å². The first-order valence-corrected chi connectivity index (χ1v) is 12.6. The molecule has 2 aromatic rings. The fourth-order valence-corrected chi connectivity index (χ4v) is 5.04. The van der Waals surface area contributed by atoms with Gasteiger partial charge in [0.25, 0.3) is 5.91 Å². The third-order valence-corrected chi connectivity index (χ3v) is 6.97. The van der Waals surface area contributed by atoms with Crippen LogP contribution in [0.1, 0.15) is 48.7 Å². The second kappa shape index (κ2) is 10.9. The van der Waals surface area contributed by atoms with E-state index in [1.165, 1.54) is 11.8 Å². The molecule has 36 heavy (non-hydrogen) atoms. The number of rotatable bonds is 7. The fraction of sp³-hybridized carbons (Fsp3) is 0.346. The van der Waals surface area contributed by atoms with Crippen molar-refractivity contribution in [1.82, 2.24) is 5.01 Å². The van der Waals surface area contributed by atoms with E-state index < -0.39 is 11.2 Å². The summed E-state index contributed by atoms with van der Waals surface area (Å²) in [6.07, 6.45) is 0.719. The predicted octanol–water partition coefficient (Wildman–Crippen LogP) is 4.08. The van der Waals surface area contributed by atoms with Gasteiger partial charge in [-0.15, -0.1) is 0 Å². The lowest BCUT2D eigenvalue weighted by Gasteiger charge is -2.24. The number of nitrogens with one attached hydrogen (secondary N) is 1. The molecule has 4 rings (SSSR count). The number of amides is 2. The zero-order valence-corrected chi connectivity index (χ0v) is 21.5. The highest BCUT2D eigenvalue weighted by molar-refractivity contribution is 8.15. The standard InChI is InChI=1S/C26H29N5O4S/c1-5-35-25(34)18-6-10-19(11-7-18)27-23(32)15-22-24(33)28-26(36-22)31-21(14-16(2)29-31)17-8-12-20(13-9-17)30(3)4/h6-13,21-22H,5,14-15H2,1-4H3,(H,27,32). The normalized spacial score (nSPS) is 19.1. The molecule has 2 aromatic carbocycles. The summed E-state index contributed by atoms with van der Waals surface area (Å²) in [4.78, 5) is 43.3. The lowest BCUT2D eigenvalue weighted by molar-refractivity contribution is -0.121. The molecule has 0 aliphatic carbocycles. The Morgan fingerprint density at radius 2 is 1.83 bits per heavy atom. The Morgan fingerprint density at radius 1 is 1.14 bits per heavy atom. The molecule has 2 aliphatic rings. The number of nitrogens with zero attached hydrogens (tertiary/aromatic N) is 4. The summed E-state index contributed by atoms with van der Waals surface area (Å²) in [5.41, 5.74) is 4.09. The van der Waals surface area contributed by atoms with Gasteiger partial charge in [0.1, 0.15) is 5.25 Å². The maximum Gasteiger partial charge on any atom is 0.338 e. The molecule has 0 spiro atoms. The van der Waals surface area contributed by atoms with Crippen LogP contribution in [0.15, 0.2) is 58.6 Å². The van der Waals surface area contributed by atoms with Crippen LogP contribution in [0, 0.1) is 0 Å². The molecule has 10 heteroatoms. The summed E-state index contributed by atoms with van der Waals surface area (Å²) in [7, 11) is 3.99. The molecule has 0 bridgehead atoms. The summed E-state index contributed by atoms with van der Waals surface area (Å²) < 4.78 is 4.96. The number of thioether (sulfide) groups is 1. The monoisotopic (exact) mass is 507 g/mol. The number of anilines is 2. The van der Waals surface area contributed by atoms with Crippen LogP contribution in [0.2, 0.25) is 0 Å². The molecule has 0 saturated carbocycles. The van der Waals surface area contributed by atoms with Gasteiger partial charge in [-0.2, -0.15) is 10.1 Å². The summed E-state index contributed by atoms with van der Waals surface area (Å²) >= 11 is 1.26. The minimum absolute atomic E-state index is 0.0190. The minimum Gasteiger partial charge on any atom is -0.462 e. The van der Waals surface area contributed by atoms with Crippen molar-refractivity contribution in [3.63, 3.8) is 0 Å². The van der Waals surface area contributed by atoms with Crippen LogP contribution in [0.3, 0.4) is 0 Å². The van der Waals surface area contributed by atoms with Crippen LogP contribution in [0.5, 0.6) is 0 Å². The number of ether oxygens (including phenoxy) is 1. The van der Waals surface area contributed by atoms with Crippen LogP contribution in [0.25, 0.3) is 0 Å². The lowest BCUT2D eigenvalue weighted by atomic mass is 10.0. The first-order chi connectivity index (χ1) is 17.2. The summed E-state index contributed by atoms with van der Waals surface area (Å²) in [5, 5.41) is 9.10. The van der Waals surface area contributed by atoms with Gasteiger partial charge < -0.3 is 15.0 Å². The van der Waals surface area contributed by atoms with Gasteiger partial charge in [0.15, 0.2) is 5.17 Å². The van der Waals surface area contributed by atoms with Crippen molar-refractivity contribution in [3.05, 3.63) is 59.7 Å². The molecule has 0 fully saturated rings. The Morgan fingerprint density at radius 3 is 2.47 bits per heavy atom. The van der Waals surface area contributed by atoms with E-state index in [-0.39, 0.29) is 24.3 Å². The van der Waals surface area contributed by atoms with Crippen molar-refractivity contribution >= 4 is 51.8 Å². The highest BCUT2D eigenvalue weighted by Gasteiger charge is 2.38. The van der Waals surface area contributed by atoms with E-state index in [0.717, 1.165) is 23.4 Å². The van der Waals surface area contributed by atoms with Gasteiger partial charge in [-0.1, -0.05) is 23.9 Å². The number of aliphatic imine (C=N–C) groups is 1. The fourth-order valence-electron chi connectivity index (χ4n) is 3.98. The van der Waals surface area contributed by atoms with Crippen molar-refractivity contribution in [2.75, 3.05) is 30.9 Å². The zero-order chi connectivity index (χ0) is 25.8. The number of esters is 1. The van der Waals surface area contributed by atoms with Gasteiger partial charge in [0, 0.05) is 44.0 Å². The average molecular weight is 508 g/mol. The van der Waals surface area contributed by atoms with Crippen molar-refractivity contribution in [2.45, 2.75) is 38.0 Å². The van der Waals surface area contributed by atoms with E-state index >= 15 is 0 Å². The second-order valence-corrected chi connectivity index (χ2v) is 9.94. The Bertz CT molecular complexity index is 1210. The summed E-state index contributed by atoms with van der Waals surface area (Å²) in [5.74, 6) is -1.07. The van der Waals surface area contributed by atoms with Crippen molar-refractivity contribution < 1.29 is 19.1 Å². The minimum atomic E-state index is -0.619. The van der Waals surface area contributed by atoms with Gasteiger partial charge in [0.2, 0.25) is 5.91 Å².